The van der Waals surface area contributed by atoms with E-state index in [1.54, 1.807) is 0 Å². The van der Waals surface area contributed by atoms with Gasteiger partial charge in [0.2, 0.25) is 10.4 Å². The predicted molar refractivity (Wildman–Crippen MR) is 87.3 cm³/mol. The highest BCUT2D eigenvalue weighted by atomic mass is 32.3. The van der Waals surface area contributed by atoms with Gasteiger partial charge in [0, 0.05) is 0 Å². The standard InChI is InChI=1S/C15H32O4S.H3N/c1-15(2,3)13-11-9-7-5-4-6-8-10-12-14-19-20(16,17)18;/h4-14H2,1-3H3,(H,16,17,18);1H3. The minimum Gasteiger partial charge on any atom is -0.726 e. The van der Waals surface area contributed by atoms with Gasteiger partial charge in [-0.3, -0.25) is 4.18 Å². The summed E-state index contributed by atoms with van der Waals surface area (Å²) in [6.07, 6.45) is 11.6. The lowest BCUT2D eigenvalue weighted by molar-refractivity contribution is 0.255. The molecule has 0 unspecified atom stereocenters. The van der Waals surface area contributed by atoms with Gasteiger partial charge in [-0.2, -0.15) is 0 Å². The quantitative estimate of drug-likeness (QED) is 0.316. The van der Waals surface area contributed by atoms with E-state index in [1.165, 1.54) is 44.9 Å². The Morgan fingerprint density at radius 1 is 0.810 bits per heavy atom. The molecular weight excluding hydrogens is 290 g/mol. The molecule has 0 rings (SSSR count). The highest BCUT2D eigenvalue weighted by Gasteiger charge is 2.08. The summed E-state index contributed by atoms with van der Waals surface area (Å²) in [7, 11) is -4.49. The van der Waals surface area contributed by atoms with Gasteiger partial charge < -0.3 is 10.7 Å². The molecule has 0 aliphatic carbocycles. The molecule has 0 saturated carbocycles. The van der Waals surface area contributed by atoms with Crippen LogP contribution in [0.2, 0.25) is 0 Å². The molecule has 6 heteroatoms. The summed E-state index contributed by atoms with van der Waals surface area (Å²) in [6, 6.07) is 0. The summed E-state index contributed by atoms with van der Waals surface area (Å²) < 4.78 is 34.7. The second kappa shape index (κ2) is 12.4. The molecule has 0 saturated heterocycles. The van der Waals surface area contributed by atoms with E-state index in [-0.39, 0.29) is 12.8 Å². The second-order valence-corrected chi connectivity index (χ2v) is 7.78. The van der Waals surface area contributed by atoms with E-state index >= 15 is 0 Å². The Bertz CT molecular complexity index is 323. The number of unbranched alkanes of at least 4 members (excludes halogenated alkanes) is 8. The van der Waals surface area contributed by atoms with Gasteiger partial charge in [-0.15, -0.1) is 0 Å². The fraction of sp³-hybridized carbons (Fsp3) is 1.00. The molecular formula is C15H35NO4S. The molecule has 0 spiro atoms. The van der Waals surface area contributed by atoms with E-state index in [2.05, 4.69) is 25.0 Å². The first kappa shape index (κ1) is 23.1. The highest BCUT2D eigenvalue weighted by molar-refractivity contribution is 7.80. The summed E-state index contributed by atoms with van der Waals surface area (Å²) in [5.74, 6) is 0. The van der Waals surface area contributed by atoms with Crippen molar-refractivity contribution in [1.82, 2.24) is 6.15 Å². The third-order valence-electron chi connectivity index (χ3n) is 3.30. The van der Waals surface area contributed by atoms with E-state index in [1.807, 2.05) is 0 Å². The zero-order chi connectivity index (χ0) is 15.5. The van der Waals surface area contributed by atoms with Crippen LogP contribution in [-0.4, -0.2) is 19.6 Å². The maximum Gasteiger partial charge on any atom is 0.217 e. The van der Waals surface area contributed by atoms with Gasteiger partial charge in [0.25, 0.3) is 0 Å². The second-order valence-electron chi connectivity index (χ2n) is 6.72. The first-order chi connectivity index (χ1) is 9.21. The Morgan fingerprint density at radius 2 is 1.19 bits per heavy atom. The summed E-state index contributed by atoms with van der Waals surface area (Å²) in [5.41, 5.74) is 0.458. The molecule has 0 amide bonds. The minimum absolute atomic E-state index is 0. The van der Waals surface area contributed by atoms with Gasteiger partial charge >= 0.3 is 0 Å². The van der Waals surface area contributed by atoms with E-state index in [9.17, 15) is 13.0 Å². The molecule has 130 valence electrons. The number of hydrogen-bond acceptors (Lipinski definition) is 4. The number of rotatable bonds is 12. The van der Waals surface area contributed by atoms with E-state index in [0.717, 1.165) is 12.8 Å². The van der Waals surface area contributed by atoms with Gasteiger partial charge in [0.15, 0.2) is 0 Å². The molecule has 5 nitrogen and oxygen atoms in total. The van der Waals surface area contributed by atoms with Crippen LogP contribution in [0.4, 0.5) is 0 Å². The van der Waals surface area contributed by atoms with Crippen molar-refractivity contribution >= 4 is 10.4 Å². The van der Waals surface area contributed by atoms with Crippen LogP contribution in [0.3, 0.4) is 0 Å². The van der Waals surface area contributed by atoms with Crippen LogP contribution in [0.1, 0.15) is 85.0 Å². The van der Waals surface area contributed by atoms with Crippen molar-refractivity contribution in [3.63, 3.8) is 0 Å². The average Bonchev–Trinajstić information content (AvgIpc) is 2.27. The van der Waals surface area contributed by atoms with E-state index < -0.39 is 10.4 Å². The van der Waals surface area contributed by atoms with Crippen LogP contribution in [0, 0.1) is 5.41 Å². The SMILES string of the molecule is CC(C)(C)CCCCCCCCCCCOS(=O)(=O)[O-].[NH4+]. The molecule has 0 heterocycles. The zero-order valence-corrected chi connectivity index (χ0v) is 15.1. The Morgan fingerprint density at radius 3 is 1.57 bits per heavy atom. The fourth-order valence-corrected chi connectivity index (χ4v) is 2.48. The third kappa shape index (κ3) is 22.3. The smallest absolute Gasteiger partial charge is 0.217 e. The maximum absolute atomic E-state index is 10.2. The third-order valence-corrected chi connectivity index (χ3v) is 3.75. The van der Waals surface area contributed by atoms with Gasteiger partial charge in [-0.05, 0) is 18.3 Å². The van der Waals surface area contributed by atoms with Crippen LogP contribution in [-0.2, 0) is 14.6 Å². The highest BCUT2D eigenvalue weighted by Crippen LogP contribution is 2.22. The van der Waals surface area contributed by atoms with Crippen LogP contribution < -0.4 is 6.15 Å². The molecule has 0 fully saturated rings. The Hall–Kier alpha value is -0.170. The predicted octanol–water partition coefficient (Wildman–Crippen LogP) is 4.79. The Kier molecular flexibility index (Phi) is 13.6. The lowest BCUT2D eigenvalue weighted by Gasteiger charge is -2.17. The molecule has 4 N–H and O–H groups in total. The van der Waals surface area contributed by atoms with Gasteiger partial charge in [0.05, 0.1) is 6.61 Å². The first-order valence-corrected chi connectivity index (χ1v) is 9.14. The largest absolute Gasteiger partial charge is 0.726 e. The molecule has 0 aromatic carbocycles. The lowest BCUT2D eigenvalue weighted by Crippen LogP contribution is -2.05. The van der Waals surface area contributed by atoms with Crippen molar-refractivity contribution < 1.29 is 17.2 Å². The summed E-state index contributed by atoms with van der Waals surface area (Å²) in [5, 5.41) is 0. The van der Waals surface area contributed by atoms with Crippen molar-refractivity contribution in [2.45, 2.75) is 85.0 Å². The van der Waals surface area contributed by atoms with Crippen molar-refractivity contribution in [1.29, 1.82) is 0 Å². The maximum atomic E-state index is 10.2. The average molecular weight is 326 g/mol. The van der Waals surface area contributed by atoms with Crippen molar-refractivity contribution in [3.05, 3.63) is 0 Å². The minimum atomic E-state index is -4.49. The van der Waals surface area contributed by atoms with Crippen LogP contribution in [0.15, 0.2) is 0 Å². The molecule has 0 aliphatic rings. The van der Waals surface area contributed by atoms with Crippen LogP contribution in [0.5, 0.6) is 0 Å². The normalized spacial score (nSPS) is 12.2. The molecule has 21 heavy (non-hydrogen) atoms. The molecule has 0 aromatic heterocycles. The molecule has 0 radical (unpaired) electrons. The summed E-state index contributed by atoms with van der Waals surface area (Å²) >= 11 is 0. The summed E-state index contributed by atoms with van der Waals surface area (Å²) in [4.78, 5) is 0. The van der Waals surface area contributed by atoms with Gasteiger partial charge in [-0.25, -0.2) is 8.42 Å². The molecule has 0 aliphatic heterocycles. The Balaban J connectivity index is 0. The van der Waals surface area contributed by atoms with E-state index in [4.69, 9.17) is 0 Å². The van der Waals surface area contributed by atoms with Gasteiger partial charge in [-0.1, -0.05) is 72.1 Å². The zero-order valence-electron chi connectivity index (χ0n) is 14.3. The van der Waals surface area contributed by atoms with Gasteiger partial charge in [0.1, 0.15) is 0 Å². The lowest BCUT2D eigenvalue weighted by atomic mass is 9.89. The van der Waals surface area contributed by atoms with Crippen molar-refractivity contribution in [3.8, 4) is 0 Å². The number of hydrogen-bond donors (Lipinski definition) is 1. The van der Waals surface area contributed by atoms with Crippen LogP contribution >= 0.6 is 0 Å². The first-order valence-electron chi connectivity index (χ1n) is 7.81. The molecule has 0 atom stereocenters. The summed E-state index contributed by atoms with van der Waals surface area (Å²) in [6.45, 7) is 6.89. The number of quaternary nitrogens is 1. The van der Waals surface area contributed by atoms with E-state index in [0.29, 0.717) is 11.8 Å². The van der Waals surface area contributed by atoms with Crippen molar-refractivity contribution in [2.75, 3.05) is 6.61 Å². The van der Waals surface area contributed by atoms with Crippen LogP contribution in [0.25, 0.3) is 0 Å². The topological polar surface area (TPSA) is 103 Å². The monoisotopic (exact) mass is 325 g/mol. The Labute approximate surface area is 131 Å². The molecule has 0 bridgehead atoms. The molecule has 0 aromatic rings. The fourth-order valence-electron chi connectivity index (χ4n) is 2.16. The van der Waals surface area contributed by atoms with Crippen molar-refractivity contribution in [2.24, 2.45) is 5.41 Å².